The molecule has 0 aliphatic carbocycles. The molecule has 202 valence electrons. The third kappa shape index (κ3) is 4.13. The SMILES string of the molecule is Cc1cc(C)c2cc(-c3c(P(O)(O)(O)c4cc5c(C)cc(C)cc5cc4C)ccc4ccccc34)c(C)cc2c1. The van der Waals surface area contributed by atoms with Crippen LogP contribution in [-0.2, 0) is 0 Å². The summed E-state index contributed by atoms with van der Waals surface area (Å²) in [6, 6.07) is 28.0. The summed E-state index contributed by atoms with van der Waals surface area (Å²) in [6.07, 6.45) is 0. The van der Waals surface area contributed by atoms with Crippen molar-refractivity contribution in [2.75, 3.05) is 0 Å². The topological polar surface area (TPSA) is 60.7 Å². The first kappa shape index (κ1) is 26.6. The molecule has 0 amide bonds. The fourth-order valence-electron chi connectivity index (χ4n) is 6.51. The molecule has 40 heavy (non-hydrogen) atoms. The van der Waals surface area contributed by atoms with Crippen molar-refractivity contribution in [3.63, 3.8) is 0 Å². The average Bonchev–Trinajstić information content (AvgIpc) is 2.86. The molecule has 0 bridgehead atoms. The Balaban J connectivity index is 1.72. The van der Waals surface area contributed by atoms with E-state index in [-0.39, 0.29) is 10.6 Å². The molecule has 0 aromatic heterocycles. The summed E-state index contributed by atoms with van der Waals surface area (Å²) in [6.45, 7) is 12.1. The Morgan fingerprint density at radius 3 is 1.68 bits per heavy atom. The molecule has 0 spiro atoms. The summed E-state index contributed by atoms with van der Waals surface area (Å²) in [5.74, 6) is 0. The van der Waals surface area contributed by atoms with Crippen molar-refractivity contribution < 1.29 is 14.7 Å². The van der Waals surface area contributed by atoms with Crippen molar-refractivity contribution in [2.24, 2.45) is 0 Å². The third-order valence-electron chi connectivity index (χ3n) is 8.33. The molecule has 0 unspecified atom stereocenters. The van der Waals surface area contributed by atoms with Gasteiger partial charge in [0.25, 0.3) is 0 Å². The normalized spacial score (nSPS) is 13.2. The van der Waals surface area contributed by atoms with E-state index < -0.39 is 7.28 Å². The molecule has 0 heterocycles. The molecule has 0 aliphatic heterocycles. The Morgan fingerprint density at radius 1 is 0.450 bits per heavy atom. The average molecular weight is 547 g/mol. The molecule has 0 fully saturated rings. The number of hydrogen-bond donors (Lipinski definition) is 3. The van der Waals surface area contributed by atoms with Gasteiger partial charge < -0.3 is 0 Å². The van der Waals surface area contributed by atoms with E-state index in [1.54, 1.807) is 12.1 Å². The Morgan fingerprint density at radius 2 is 1.02 bits per heavy atom. The van der Waals surface area contributed by atoms with Gasteiger partial charge in [-0.2, -0.15) is 0 Å². The number of hydrogen-bond acceptors (Lipinski definition) is 3. The van der Waals surface area contributed by atoms with Crippen LogP contribution >= 0.6 is 7.28 Å². The van der Waals surface area contributed by atoms with E-state index in [2.05, 4.69) is 57.2 Å². The van der Waals surface area contributed by atoms with Crippen LogP contribution in [0.3, 0.4) is 0 Å². The predicted octanol–water partition coefficient (Wildman–Crippen LogP) is 7.89. The van der Waals surface area contributed by atoms with Gasteiger partial charge in [0.1, 0.15) is 0 Å². The number of benzene rings is 6. The standard InChI is InChI=1S/C36H35O3P/c1-21-13-23(3)31-19-33(25(5)17-28(31)15-21)36-30-10-8-7-9-27(30)11-12-34(36)40(37,38,39)35-20-32-24(4)14-22(2)16-29(32)18-26(35)6/h7-20,37-39H,1-6H3. The Labute approximate surface area is 235 Å². The second kappa shape index (κ2) is 8.96. The van der Waals surface area contributed by atoms with Gasteiger partial charge in [0.2, 0.25) is 0 Å². The summed E-state index contributed by atoms with van der Waals surface area (Å²) < 4.78 is 0. The molecular weight excluding hydrogens is 511 g/mol. The van der Waals surface area contributed by atoms with Crippen molar-refractivity contribution >= 4 is 50.2 Å². The van der Waals surface area contributed by atoms with Crippen LogP contribution in [-0.4, -0.2) is 14.7 Å². The molecule has 6 rings (SSSR count). The van der Waals surface area contributed by atoms with Crippen LogP contribution in [0.1, 0.15) is 33.4 Å². The van der Waals surface area contributed by atoms with Gasteiger partial charge in [-0.25, -0.2) is 0 Å². The summed E-state index contributed by atoms with van der Waals surface area (Å²) in [5.41, 5.74) is 7.70. The van der Waals surface area contributed by atoms with Crippen LogP contribution < -0.4 is 10.6 Å². The molecule has 3 N–H and O–H groups in total. The fraction of sp³-hybridized carbons (Fsp3) is 0.167. The quantitative estimate of drug-likeness (QED) is 0.198. The molecule has 0 saturated heterocycles. The van der Waals surface area contributed by atoms with E-state index in [0.29, 0.717) is 11.1 Å². The van der Waals surface area contributed by atoms with E-state index in [0.717, 1.165) is 60.1 Å². The van der Waals surface area contributed by atoms with Crippen LogP contribution in [0.25, 0.3) is 43.4 Å². The maximum atomic E-state index is 12.2. The molecule has 3 nitrogen and oxygen atoms in total. The van der Waals surface area contributed by atoms with Gasteiger partial charge in [-0.05, 0) is 0 Å². The Bertz CT molecular complexity index is 2010. The van der Waals surface area contributed by atoms with E-state index in [1.807, 2.05) is 57.2 Å². The Kier molecular flexibility index (Phi) is 5.96. The minimum absolute atomic E-state index is 0.157. The Hall–Kier alpha value is -3.59. The van der Waals surface area contributed by atoms with E-state index in [4.69, 9.17) is 0 Å². The van der Waals surface area contributed by atoms with Crippen molar-refractivity contribution in [1.29, 1.82) is 0 Å². The van der Waals surface area contributed by atoms with Crippen molar-refractivity contribution in [2.45, 2.75) is 41.5 Å². The fourth-order valence-corrected chi connectivity index (χ4v) is 8.85. The molecular formula is C36H35O3P. The van der Waals surface area contributed by atoms with Gasteiger partial charge in [-0.3, -0.25) is 0 Å². The molecule has 0 radical (unpaired) electrons. The summed E-state index contributed by atoms with van der Waals surface area (Å²) in [7, 11) is -5.62. The molecule has 6 aromatic rings. The van der Waals surface area contributed by atoms with Crippen LogP contribution in [0.15, 0.2) is 84.9 Å². The van der Waals surface area contributed by atoms with Gasteiger partial charge in [0.15, 0.2) is 0 Å². The second-order valence-corrected chi connectivity index (χ2v) is 14.5. The van der Waals surface area contributed by atoms with Gasteiger partial charge in [0.05, 0.1) is 0 Å². The van der Waals surface area contributed by atoms with Gasteiger partial charge in [-0.1, -0.05) is 0 Å². The van der Waals surface area contributed by atoms with Crippen LogP contribution in [0.5, 0.6) is 0 Å². The first-order chi connectivity index (χ1) is 18.8. The van der Waals surface area contributed by atoms with Crippen molar-refractivity contribution in [3.05, 3.63) is 118 Å². The summed E-state index contributed by atoms with van der Waals surface area (Å²) >= 11 is 0. The predicted molar refractivity (Wildman–Crippen MR) is 172 cm³/mol. The summed E-state index contributed by atoms with van der Waals surface area (Å²) in [5, 5.41) is 6.32. The zero-order chi connectivity index (χ0) is 28.6. The molecule has 0 aliphatic rings. The zero-order valence-corrected chi connectivity index (χ0v) is 24.8. The van der Waals surface area contributed by atoms with Crippen LogP contribution in [0.4, 0.5) is 0 Å². The monoisotopic (exact) mass is 546 g/mol. The molecule has 4 heteroatoms. The van der Waals surface area contributed by atoms with E-state index >= 15 is 0 Å². The second-order valence-electron chi connectivity index (χ2n) is 11.6. The number of rotatable bonds is 3. The molecule has 0 saturated carbocycles. The molecule has 6 aromatic carbocycles. The first-order valence-corrected chi connectivity index (χ1v) is 15.7. The number of fused-ring (bicyclic) bond motifs is 3. The third-order valence-corrected chi connectivity index (χ3v) is 11.0. The maximum absolute atomic E-state index is 12.2. The molecule has 0 atom stereocenters. The summed E-state index contributed by atoms with van der Waals surface area (Å²) in [4.78, 5) is 36.7. The van der Waals surface area contributed by atoms with E-state index in [9.17, 15) is 14.7 Å². The van der Waals surface area contributed by atoms with Crippen LogP contribution in [0.2, 0.25) is 0 Å². The van der Waals surface area contributed by atoms with Crippen molar-refractivity contribution in [1.82, 2.24) is 0 Å². The van der Waals surface area contributed by atoms with Gasteiger partial charge >= 0.3 is 236 Å². The van der Waals surface area contributed by atoms with Gasteiger partial charge in [0, 0.05) is 0 Å². The first-order valence-electron chi connectivity index (χ1n) is 13.7. The van der Waals surface area contributed by atoms with Crippen molar-refractivity contribution in [3.8, 4) is 11.1 Å². The minimum atomic E-state index is -5.62. The zero-order valence-electron chi connectivity index (χ0n) is 23.9. The van der Waals surface area contributed by atoms with Gasteiger partial charge in [-0.15, -0.1) is 0 Å². The van der Waals surface area contributed by atoms with Crippen LogP contribution in [0, 0.1) is 41.5 Å². The van der Waals surface area contributed by atoms with E-state index in [1.165, 1.54) is 5.56 Å². The number of aryl methyl sites for hydroxylation is 6.